The quantitative estimate of drug-likeness (QED) is 0.579. The molecule has 1 saturated heterocycles. The van der Waals surface area contributed by atoms with E-state index < -0.39 is 23.4 Å². The van der Waals surface area contributed by atoms with E-state index >= 15 is 0 Å². The zero-order chi connectivity index (χ0) is 20.3. The van der Waals surface area contributed by atoms with Gasteiger partial charge in [0.25, 0.3) is 5.91 Å². The Morgan fingerprint density at radius 2 is 1.82 bits per heavy atom. The van der Waals surface area contributed by atoms with Gasteiger partial charge in [0, 0.05) is 4.90 Å². The first-order valence-corrected chi connectivity index (χ1v) is 10.1. The first-order chi connectivity index (χ1) is 13.4. The summed E-state index contributed by atoms with van der Waals surface area (Å²) in [6.07, 6.45) is 0.380. The van der Waals surface area contributed by atoms with Gasteiger partial charge >= 0.3 is 6.03 Å². The van der Waals surface area contributed by atoms with Gasteiger partial charge in [0.1, 0.15) is 5.54 Å². The van der Waals surface area contributed by atoms with Crippen LogP contribution in [-0.2, 0) is 15.1 Å². The molecule has 1 aliphatic rings. The summed E-state index contributed by atoms with van der Waals surface area (Å²) < 4.78 is 0. The van der Waals surface area contributed by atoms with Crippen molar-refractivity contribution >= 4 is 29.6 Å². The highest BCUT2D eigenvalue weighted by Crippen LogP contribution is 2.31. The van der Waals surface area contributed by atoms with E-state index in [-0.39, 0.29) is 5.75 Å². The molecule has 0 bridgehead atoms. The average Bonchev–Trinajstić information content (AvgIpc) is 2.94. The van der Waals surface area contributed by atoms with E-state index in [2.05, 4.69) is 10.7 Å². The highest BCUT2D eigenvalue weighted by atomic mass is 32.2. The normalized spacial score (nSPS) is 18.9. The third-order valence-corrected chi connectivity index (χ3v) is 5.97. The summed E-state index contributed by atoms with van der Waals surface area (Å²) in [4.78, 5) is 38.7. The number of carbonyl (C=O) groups is 3. The number of hydrazine groups is 1. The number of nitrogens with one attached hydrogen (secondary N) is 2. The van der Waals surface area contributed by atoms with Crippen LogP contribution in [0.2, 0.25) is 0 Å². The van der Waals surface area contributed by atoms with Crippen LogP contribution in [0, 0.1) is 13.8 Å². The highest BCUT2D eigenvalue weighted by molar-refractivity contribution is 8.00. The molecule has 1 heterocycles. The molecule has 2 aromatic rings. The second-order valence-corrected chi connectivity index (χ2v) is 7.81. The van der Waals surface area contributed by atoms with E-state index in [1.807, 2.05) is 57.2 Å². The van der Waals surface area contributed by atoms with Crippen LogP contribution in [0.1, 0.15) is 30.0 Å². The van der Waals surface area contributed by atoms with Crippen molar-refractivity contribution in [3.05, 3.63) is 65.2 Å². The molecule has 2 N–H and O–H groups in total. The zero-order valence-electron chi connectivity index (χ0n) is 16.1. The average molecular weight is 398 g/mol. The number of urea groups is 1. The molecule has 3 rings (SSSR count). The standard InChI is InChI=1S/C21H23N3O3S/c1-4-21(16-8-6-5-7-9-16)19(26)24(20(27)22-21)23-18(25)13-28-17-11-10-14(2)15(3)12-17/h5-12H,4,13H2,1-3H3,(H,22,27)(H,23,25)/t21-/m1/s1. The maximum Gasteiger partial charge on any atom is 0.344 e. The molecule has 146 valence electrons. The lowest BCUT2D eigenvalue weighted by molar-refractivity contribution is -0.138. The summed E-state index contributed by atoms with van der Waals surface area (Å²) in [5, 5.41) is 3.53. The third kappa shape index (κ3) is 3.75. The van der Waals surface area contributed by atoms with Gasteiger partial charge in [-0.2, -0.15) is 5.01 Å². The van der Waals surface area contributed by atoms with Crippen LogP contribution in [0.15, 0.2) is 53.4 Å². The Labute approximate surface area is 168 Å². The second-order valence-electron chi connectivity index (χ2n) is 6.77. The van der Waals surface area contributed by atoms with Gasteiger partial charge in [0.05, 0.1) is 5.75 Å². The van der Waals surface area contributed by atoms with Gasteiger partial charge in [-0.15, -0.1) is 11.8 Å². The topological polar surface area (TPSA) is 78.5 Å². The molecule has 2 aromatic carbocycles. The number of aryl methyl sites for hydroxylation is 2. The molecule has 0 radical (unpaired) electrons. The highest BCUT2D eigenvalue weighted by Gasteiger charge is 2.52. The SMILES string of the molecule is CC[C@]1(c2ccccc2)NC(=O)N(NC(=O)CSc2ccc(C)c(C)c2)C1=O. The predicted molar refractivity (Wildman–Crippen MR) is 109 cm³/mol. The smallest absolute Gasteiger partial charge is 0.318 e. The van der Waals surface area contributed by atoms with Crippen LogP contribution in [0.25, 0.3) is 0 Å². The van der Waals surface area contributed by atoms with E-state index in [0.717, 1.165) is 15.5 Å². The van der Waals surface area contributed by atoms with Crippen molar-refractivity contribution in [2.45, 2.75) is 37.6 Å². The number of imide groups is 1. The Kier molecular flexibility index (Phi) is 5.74. The van der Waals surface area contributed by atoms with Crippen molar-refractivity contribution in [3.8, 4) is 0 Å². The molecule has 0 aliphatic carbocycles. The van der Waals surface area contributed by atoms with Crippen LogP contribution in [-0.4, -0.2) is 28.6 Å². The molecule has 1 aliphatic heterocycles. The summed E-state index contributed by atoms with van der Waals surface area (Å²) in [6.45, 7) is 5.87. The molecule has 0 unspecified atom stereocenters. The lowest BCUT2D eigenvalue weighted by atomic mass is 9.87. The van der Waals surface area contributed by atoms with E-state index in [1.54, 1.807) is 12.1 Å². The number of hydrogen-bond donors (Lipinski definition) is 2. The number of carbonyl (C=O) groups excluding carboxylic acids is 3. The minimum absolute atomic E-state index is 0.101. The fourth-order valence-corrected chi connectivity index (χ4v) is 3.93. The largest absolute Gasteiger partial charge is 0.344 e. The molecular weight excluding hydrogens is 374 g/mol. The Hall–Kier alpha value is -2.80. The van der Waals surface area contributed by atoms with Crippen molar-refractivity contribution in [1.82, 2.24) is 15.8 Å². The molecule has 1 fully saturated rings. The molecule has 0 aromatic heterocycles. The van der Waals surface area contributed by atoms with Gasteiger partial charge in [0.2, 0.25) is 5.91 Å². The molecule has 1 atom stereocenters. The molecule has 6 nitrogen and oxygen atoms in total. The number of benzene rings is 2. The lowest BCUT2D eigenvalue weighted by Crippen LogP contribution is -2.49. The molecule has 4 amide bonds. The van der Waals surface area contributed by atoms with Gasteiger partial charge in [-0.3, -0.25) is 15.0 Å². The van der Waals surface area contributed by atoms with Gasteiger partial charge in [-0.05, 0) is 49.1 Å². The maximum absolute atomic E-state index is 13.0. The minimum Gasteiger partial charge on any atom is -0.318 e. The first-order valence-electron chi connectivity index (χ1n) is 9.09. The Morgan fingerprint density at radius 3 is 2.46 bits per heavy atom. The van der Waals surface area contributed by atoms with Crippen LogP contribution < -0.4 is 10.7 Å². The fraction of sp³-hybridized carbons (Fsp3) is 0.286. The summed E-state index contributed by atoms with van der Waals surface area (Å²) in [6, 6.07) is 14.4. The summed E-state index contributed by atoms with van der Waals surface area (Å²) >= 11 is 1.36. The van der Waals surface area contributed by atoms with Gasteiger partial charge in [-0.25, -0.2) is 4.79 Å². The zero-order valence-corrected chi connectivity index (χ0v) is 16.9. The second kappa shape index (κ2) is 8.06. The number of hydrogen-bond acceptors (Lipinski definition) is 4. The van der Waals surface area contributed by atoms with Crippen LogP contribution in [0.3, 0.4) is 0 Å². The minimum atomic E-state index is -1.16. The number of rotatable bonds is 6. The maximum atomic E-state index is 13.0. The van der Waals surface area contributed by atoms with E-state index in [9.17, 15) is 14.4 Å². The number of nitrogens with zero attached hydrogens (tertiary/aromatic N) is 1. The van der Waals surface area contributed by atoms with E-state index in [0.29, 0.717) is 12.0 Å². The molecule has 0 saturated carbocycles. The van der Waals surface area contributed by atoms with Crippen LogP contribution >= 0.6 is 11.8 Å². The predicted octanol–water partition coefficient (Wildman–Crippen LogP) is 3.28. The summed E-state index contributed by atoms with van der Waals surface area (Å²) in [5.74, 6) is -0.785. The van der Waals surface area contributed by atoms with E-state index in [4.69, 9.17) is 0 Å². The molecule has 0 spiro atoms. The van der Waals surface area contributed by atoms with Crippen molar-refractivity contribution in [2.75, 3.05) is 5.75 Å². The number of thioether (sulfide) groups is 1. The van der Waals surface area contributed by atoms with Gasteiger partial charge in [0.15, 0.2) is 0 Å². The van der Waals surface area contributed by atoms with Crippen molar-refractivity contribution < 1.29 is 14.4 Å². The Balaban J connectivity index is 1.68. The fourth-order valence-electron chi connectivity index (χ4n) is 3.15. The molecular formula is C21H23N3O3S. The Bertz CT molecular complexity index is 916. The van der Waals surface area contributed by atoms with Crippen molar-refractivity contribution in [2.24, 2.45) is 0 Å². The molecule has 28 heavy (non-hydrogen) atoms. The van der Waals surface area contributed by atoms with Crippen LogP contribution in [0.4, 0.5) is 4.79 Å². The first kappa shape index (κ1) is 19.9. The molecule has 7 heteroatoms. The van der Waals surface area contributed by atoms with E-state index in [1.165, 1.54) is 17.3 Å². The van der Waals surface area contributed by atoms with Crippen molar-refractivity contribution in [1.29, 1.82) is 0 Å². The van der Waals surface area contributed by atoms with Crippen molar-refractivity contribution in [3.63, 3.8) is 0 Å². The summed E-state index contributed by atoms with van der Waals surface area (Å²) in [7, 11) is 0. The third-order valence-electron chi connectivity index (χ3n) is 4.97. The lowest BCUT2D eigenvalue weighted by Gasteiger charge is -2.25. The summed E-state index contributed by atoms with van der Waals surface area (Å²) in [5.41, 5.74) is 4.31. The van der Waals surface area contributed by atoms with Gasteiger partial charge < -0.3 is 5.32 Å². The van der Waals surface area contributed by atoms with Crippen LogP contribution in [0.5, 0.6) is 0 Å². The number of amides is 4. The van der Waals surface area contributed by atoms with Gasteiger partial charge in [-0.1, -0.05) is 43.3 Å². The Morgan fingerprint density at radius 1 is 1.11 bits per heavy atom. The monoisotopic (exact) mass is 397 g/mol.